The van der Waals surface area contributed by atoms with Crippen molar-refractivity contribution in [2.24, 2.45) is 5.92 Å². The highest BCUT2D eigenvalue weighted by molar-refractivity contribution is 5.27. The van der Waals surface area contributed by atoms with Crippen molar-refractivity contribution < 1.29 is 4.74 Å². The van der Waals surface area contributed by atoms with Crippen LogP contribution in [0.4, 0.5) is 0 Å². The Balaban J connectivity index is 1.80. The SMILES string of the molecule is CCCNC(COc1ccc(CC)cc1)C1CC1. The summed E-state index contributed by atoms with van der Waals surface area (Å²) < 4.78 is 5.90. The van der Waals surface area contributed by atoms with Crippen molar-refractivity contribution in [2.75, 3.05) is 13.2 Å². The molecule has 2 rings (SSSR count). The summed E-state index contributed by atoms with van der Waals surface area (Å²) in [7, 11) is 0. The number of aryl methyl sites for hydroxylation is 1. The third-order valence-corrected chi connectivity index (χ3v) is 3.61. The van der Waals surface area contributed by atoms with Crippen molar-refractivity contribution in [3.63, 3.8) is 0 Å². The van der Waals surface area contributed by atoms with Crippen molar-refractivity contribution in [2.45, 2.75) is 45.6 Å². The predicted molar refractivity (Wildman–Crippen MR) is 76.1 cm³/mol. The minimum absolute atomic E-state index is 0.538. The average Bonchev–Trinajstić information content (AvgIpc) is 3.24. The summed E-state index contributed by atoms with van der Waals surface area (Å²) >= 11 is 0. The van der Waals surface area contributed by atoms with E-state index in [4.69, 9.17) is 4.74 Å². The molecule has 0 spiro atoms. The molecule has 2 heteroatoms. The Labute approximate surface area is 111 Å². The van der Waals surface area contributed by atoms with Gasteiger partial charge < -0.3 is 10.1 Å². The van der Waals surface area contributed by atoms with Gasteiger partial charge in [0.2, 0.25) is 0 Å². The van der Waals surface area contributed by atoms with Crippen LogP contribution in [-0.2, 0) is 6.42 Å². The molecule has 0 aromatic heterocycles. The first-order valence-corrected chi connectivity index (χ1v) is 7.28. The van der Waals surface area contributed by atoms with Gasteiger partial charge in [-0.05, 0) is 55.8 Å². The van der Waals surface area contributed by atoms with Gasteiger partial charge in [0.1, 0.15) is 12.4 Å². The monoisotopic (exact) mass is 247 g/mol. The molecule has 1 saturated carbocycles. The zero-order valence-corrected chi connectivity index (χ0v) is 11.6. The molecule has 1 aliphatic rings. The molecular formula is C16H25NO. The van der Waals surface area contributed by atoms with E-state index in [1.165, 1.54) is 24.8 Å². The van der Waals surface area contributed by atoms with Crippen molar-refractivity contribution in [1.29, 1.82) is 0 Å². The molecule has 1 fully saturated rings. The van der Waals surface area contributed by atoms with E-state index >= 15 is 0 Å². The van der Waals surface area contributed by atoms with E-state index in [9.17, 15) is 0 Å². The van der Waals surface area contributed by atoms with E-state index in [1.54, 1.807) is 0 Å². The number of rotatable bonds is 8. The number of benzene rings is 1. The summed E-state index contributed by atoms with van der Waals surface area (Å²) in [5, 5.41) is 3.60. The van der Waals surface area contributed by atoms with Crippen molar-refractivity contribution in [3.05, 3.63) is 29.8 Å². The molecule has 2 nitrogen and oxygen atoms in total. The molecule has 18 heavy (non-hydrogen) atoms. The second-order valence-electron chi connectivity index (χ2n) is 5.21. The highest BCUT2D eigenvalue weighted by Gasteiger charge is 2.31. The Morgan fingerprint density at radius 2 is 1.94 bits per heavy atom. The Kier molecular flexibility index (Phi) is 5.06. The predicted octanol–water partition coefficient (Wildman–Crippen LogP) is 3.41. The molecule has 100 valence electrons. The summed E-state index contributed by atoms with van der Waals surface area (Å²) in [5.41, 5.74) is 1.37. The zero-order chi connectivity index (χ0) is 12.8. The number of hydrogen-bond acceptors (Lipinski definition) is 2. The topological polar surface area (TPSA) is 21.3 Å². The van der Waals surface area contributed by atoms with E-state index < -0.39 is 0 Å². The summed E-state index contributed by atoms with van der Waals surface area (Å²) in [5.74, 6) is 1.84. The molecule has 0 amide bonds. The highest BCUT2D eigenvalue weighted by Crippen LogP contribution is 2.32. The number of nitrogens with one attached hydrogen (secondary N) is 1. The number of hydrogen-bond donors (Lipinski definition) is 1. The van der Waals surface area contributed by atoms with Crippen LogP contribution in [-0.4, -0.2) is 19.2 Å². The average molecular weight is 247 g/mol. The van der Waals surface area contributed by atoms with Gasteiger partial charge in [0.05, 0.1) is 0 Å². The molecule has 0 radical (unpaired) electrons. The Hall–Kier alpha value is -1.02. The summed E-state index contributed by atoms with van der Waals surface area (Å²) in [6, 6.07) is 9.02. The van der Waals surface area contributed by atoms with E-state index in [-0.39, 0.29) is 0 Å². The Morgan fingerprint density at radius 1 is 1.22 bits per heavy atom. The first-order chi connectivity index (χ1) is 8.83. The normalized spacial score (nSPS) is 16.6. The smallest absolute Gasteiger partial charge is 0.119 e. The van der Waals surface area contributed by atoms with Crippen LogP contribution >= 0.6 is 0 Å². The van der Waals surface area contributed by atoms with E-state index in [2.05, 4.69) is 43.4 Å². The lowest BCUT2D eigenvalue weighted by molar-refractivity contribution is 0.249. The van der Waals surface area contributed by atoms with Crippen molar-refractivity contribution in [3.8, 4) is 5.75 Å². The Bertz CT molecular complexity index is 343. The van der Waals surface area contributed by atoms with Crippen LogP contribution in [0.2, 0.25) is 0 Å². The zero-order valence-electron chi connectivity index (χ0n) is 11.6. The van der Waals surface area contributed by atoms with Gasteiger partial charge in [-0.2, -0.15) is 0 Å². The molecule has 0 saturated heterocycles. The van der Waals surface area contributed by atoms with Gasteiger partial charge in [0.15, 0.2) is 0 Å². The van der Waals surface area contributed by atoms with E-state index in [1.807, 2.05) is 0 Å². The van der Waals surface area contributed by atoms with Gasteiger partial charge in [-0.3, -0.25) is 0 Å². The van der Waals surface area contributed by atoms with Crippen LogP contribution in [0, 0.1) is 5.92 Å². The summed E-state index contributed by atoms with van der Waals surface area (Å²) in [6.07, 6.45) is 5.00. The fourth-order valence-electron chi connectivity index (χ4n) is 2.20. The first kappa shape index (κ1) is 13.4. The molecule has 1 aliphatic carbocycles. The number of ether oxygens (including phenoxy) is 1. The van der Waals surface area contributed by atoms with Gasteiger partial charge in [0.25, 0.3) is 0 Å². The molecule has 0 aliphatic heterocycles. The third kappa shape index (κ3) is 4.02. The minimum atomic E-state index is 0.538. The van der Waals surface area contributed by atoms with Gasteiger partial charge in [0, 0.05) is 6.04 Å². The second-order valence-corrected chi connectivity index (χ2v) is 5.21. The van der Waals surface area contributed by atoms with Crippen LogP contribution in [0.5, 0.6) is 5.75 Å². The molecule has 1 aromatic rings. The lowest BCUT2D eigenvalue weighted by atomic mass is 10.1. The van der Waals surface area contributed by atoms with Gasteiger partial charge in [-0.1, -0.05) is 26.0 Å². The third-order valence-electron chi connectivity index (χ3n) is 3.61. The van der Waals surface area contributed by atoms with Crippen LogP contribution in [0.1, 0.15) is 38.7 Å². The maximum absolute atomic E-state index is 5.90. The van der Waals surface area contributed by atoms with Gasteiger partial charge in [-0.25, -0.2) is 0 Å². The molecule has 0 bridgehead atoms. The Morgan fingerprint density at radius 3 is 2.50 bits per heavy atom. The van der Waals surface area contributed by atoms with Crippen LogP contribution in [0.15, 0.2) is 24.3 Å². The first-order valence-electron chi connectivity index (χ1n) is 7.28. The fraction of sp³-hybridized carbons (Fsp3) is 0.625. The van der Waals surface area contributed by atoms with Gasteiger partial charge in [-0.15, -0.1) is 0 Å². The van der Waals surface area contributed by atoms with E-state index in [0.717, 1.165) is 31.2 Å². The van der Waals surface area contributed by atoms with Crippen molar-refractivity contribution in [1.82, 2.24) is 5.32 Å². The minimum Gasteiger partial charge on any atom is -0.492 e. The molecule has 1 atom stereocenters. The lowest BCUT2D eigenvalue weighted by Crippen LogP contribution is -2.37. The molecule has 1 aromatic carbocycles. The maximum atomic E-state index is 5.90. The quantitative estimate of drug-likeness (QED) is 0.760. The fourth-order valence-corrected chi connectivity index (χ4v) is 2.20. The van der Waals surface area contributed by atoms with E-state index in [0.29, 0.717) is 6.04 Å². The summed E-state index contributed by atoms with van der Waals surface area (Å²) in [6.45, 7) is 6.28. The molecule has 0 heterocycles. The van der Waals surface area contributed by atoms with Gasteiger partial charge >= 0.3 is 0 Å². The van der Waals surface area contributed by atoms with Crippen molar-refractivity contribution >= 4 is 0 Å². The second kappa shape index (κ2) is 6.79. The lowest BCUT2D eigenvalue weighted by Gasteiger charge is -2.18. The highest BCUT2D eigenvalue weighted by atomic mass is 16.5. The largest absolute Gasteiger partial charge is 0.492 e. The van der Waals surface area contributed by atoms with Crippen LogP contribution in [0.3, 0.4) is 0 Å². The maximum Gasteiger partial charge on any atom is 0.119 e. The molecule has 1 unspecified atom stereocenters. The standard InChI is InChI=1S/C16H25NO/c1-3-11-17-16(14-7-8-14)12-18-15-9-5-13(4-2)6-10-15/h5-6,9-10,14,16-17H,3-4,7-8,11-12H2,1-2H3. The van der Waals surface area contributed by atoms with Crippen LogP contribution < -0.4 is 10.1 Å². The summed E-state index contributed by atoms with van der Waals surface area (Å²) in [4.78, 5) is 0. The molecule has 1 N–H and O–H groups in total. The van der Waals surface area contributed by atoms with Crippen LogP contribution in [0.25, 0.3) is 0 Å². The molecular weight excluding hydrogens is 222 g/mol.